The van der Waals surface area contributed by atoms with Crippen LogP contribution in [0.5, 0.6) is 5.88 Å². The molecule has 3 heterocycles. The van der Waals surface area contributed by atoms with Crippen molar-refractivity contribution in [3.8, 4) is 5.88 Å². The van der Waals surface area contributed by atoms with Gasteiger partial charge in [0.25, 0.3) is 5.91 Å². The van der Waals surface area contributed by atoms with Gasteiger partial charge in [0, 0.05) is 25.7 Å². The molecule has 2 aromatic rings. The van der Waals surface area contributed by atoms with Crippen LogP contribution in [-0.2, 0) is 22.7 Å². The molecule has 8 nitrogen and oxygen atoms in total. The monoisotopic (exact) mass is 390 g/mol. The largest absolute Gasteiger partial charge is 0.473 e. The predicted octanol–water partition coefficient (Wildman–Crippen LogP) is 0.330. The molecule has 146 valence electrons. The first-order chi connectivity index (χ1) is 13.5. The second-order valence-electron chi connectivity index (χ2n) is 6.63. The number of hydrogen-bond acceptors (Lipinski definition) is 6. The Hall–Kier alpha value is -3.30. The van der Waals surface area contributed by atoms with Gasteiger partial charge in [0.2, 0.25) is 12.2 Å². The van der Waals surface area contributed by atoms with E-state index in [1.54, 1.807) is 6.07 Å². The van der Waals surface area contributed by atoms with Crippen molar-refractivity contribution >= 4 is 18.0 Å². The molecular weight excluding hydrogens is 374 g/mol. The molecule has 1 unspecified atom stereocenters. The van der Waals surface area contributed by atoms with Gasteiger partial charge in [-0.1, -0.05) is 6.07 Å². The highest BCUT2D eigenvalue weighted by molar-refractivity contribution is 6.23. The van der Waals surface area contributed by atoms with E-state index >= 15 is 0 Å². The number of ether oxygens (including phenoxy) is 1. The van der Waals surface area contributed by atoms with E-state index in [2.05, 4.69) is 4.98 Å². The van der Waals surface area contributed by atoms with Crippen LogP contribution in [0.15, 0.2) is 29.1 Å². The lowest BCUT2D eigenvalue weighted by Crippen LogP contribution is -2.53. The molecule has 4 rings (SSSR count). The van der Waals surface area contributed by atoms with Crippen LogP contribution in [0.3, 0.4) is 0 Å². The zero-order chi connectivity index (χ0) is 19.8. The molecule has 1 saturated heterocycles. The van der Waals surface area contributed by atoms with Crippen LogP contribution in [0.2, 0.25) is 0 Å². The highest BCUT2D eigenvalue weighted by atomic mass is 19.2. The Kier molecular flexibility index (Phi) is 4.54. The number of carbonyl (C=O) groups excluding carboxylic acids is 2. The van der Waals surface area contributed by atoms with Gasteiger partial charge in [0.05, 0.1) is 12.6 Å². The smallest absolute Gasteiger partial charge is 0.352 e. The average Bonchev–Trinajstić information content (AvgIpc) is 3.06. The van der Waals surface area contributed by atoms with Crippen LogP contribution in [0.4, 0.5) is 14.6 Å². The lowest BCUT2D eigenvalue weighted by atomic mass is 10.2. The van der Waals surface area contributed by atoms with Gasteiger partial charge in [0.15, 0.2) is 11.6 Å². The molecule has 28 heavy (non-hydrogen) atoms. The summed E-state index contributed by atoms with van der Waals surface area (Å²) in [4.78, 5) is 42.0. The molecule has 0 bridgehead atoms. The molecule has 1 aromatic heterocycles. The Bertz CT molecular complexity index is 1010. The van der Waals surface area contributed by atoms with Crippen molar-refractivity contribution in [3.05, 3.63) is 51.9 Å². The predicted molar refractivity (Wildman–Crippen MR) is 93.0 cm³/mol. The third-order valence-electron chi connectivity index (χ3n) is 4.92. The van der Waals surface area contributed by atoms with Crippen LogP contribution >= 0.6 is 0 Å². The fourth-order valence-electron chi connectivity index (χ4n) is 3.54. The fraction of sp³-hybridized carbons (Fsp3) is 0.333. The van der Waals surface area contributed by atoms with Crippen molar-refractivity contribution in [1.29, 1.82) is 0 Å². The third kappa shape index (κ3) is 3.21. The second-order valence-corrected chi connectivity index (χ2v) is 6.63. The maximum Gasteiger partial charge on any atom is 0.352 e. The van der Waals surface area contributed by atoms with Gasteiger partial charge in [-0.15, -0.1) is 0 Å². The van der Waals surface area contributed by atoms with Crippen molar-refractivity contribution in [1.82, 2.24) is 14.5 Å². The molecule has 0 radical (unpaired) electrons. The number of piperazine rings is 1. The second kappa shape index (κ2) is 7.02. The molecule has 1 aromatic carbocycles. The Balaban J connectivity index is 1.51. The topological polar surface area (TPSA) is 84.7 Å². The standard InChI is InChI=1S/C18H16F2N4O4/c19-13-2-1-11(5-14(13)20)10-28-15-6-16-23-4-3-22(17(26)9-25)7-12(23)8-24(16)18(27)21-15/h1-2,5-6,9,12H,3-4,7-8,10H2. The van der Waals surface area contributed by atoms with Gasteiger partial charge >= 0.3 is 5.69 Å². The normalized spacial score (nSPS) is 17.9. The molecular formula is C18H16F2N4O4. The summed E-state index contributed by atoms with van der Waals surface area (Å²) in [6.45, 7) is 1.46. The number of fused-ring (bicyclic) bond motifs is 3. The quantitative estimate of drug-likeness (QED) is 0.553. The number of aromatic nitrogens is 2. The summed E-state index contributed by atoms with van der Waals surface area (Å²) >= 11 is 0. The highest BCUT2D eigenvalue weighted by Crippen LogP contribution is 2.29. The lowest BCUT2D eigenvalue weighted by Gasteiger charge is -2.37. The number of anilines is 1. The van der Waals surface area contributed by atoms with Gasteiger partial charge in [-0.25, -0.2) is 13.6 Å². The minimum atomic E-state index is -0.978. The van der Waals surface area contributed by atoms with E-state index in [-0.39, 0.29) is 24.8 Å². The average molecular weight is 390 g/mol. The molecule has 1 amide bonds. The summed E-state index contributed by atoms with van der Waals surface area (Å²) in [6.07, 6.45) is 0.287. The molecule has 0 N–H and O–H groups in total. The molecule has 0 aliphatic carbocycles. The SMILES string of the molecule is O=CC(=O)N1CCN2c3cc(OCc4ccc(F)c(F)c4)nc(=O)n3CC2C1. The van der Waals surface area contributed by atoms with Crippen LogP contribution in [-0.4, -0.2) is 52.3 Å². The summed E-state index contributed by atoms with van der Waals surface area (Å²) in [5.41, 5.74) is -0.0967. The third-order valence-corrected chi connectivity index (χ3v) is 4.92. The zero-order valence-electron chi connectivity index (χ0n) is 14.7. The van der Waals surface area contributed by atoms with Crippen molar-refractivity contribution in [2.45, 2.75) is 19.2 Å². The van der Waals surface area contributed by atoms with E-state index < -0.39 is 23.2 Å². The minimum Gasteiger partial charge on any atom is -0.473 e. The maximum absolute atomic E-state index is 13.3. The van der Waals surface area contributed by atoms with Crippen LogP contribution < -0.4 is 15.3 Å². The van der Waals surface area contributed by atoms with E-state index in [4.69, 9.17) is 4.74 Å². The summed E-state index contributed by atoms with van der Waals surface area (Å²) in [7, 11) is 0. The first kappa shape index (κ1) is 18.1. The number of hydrogen-bond donors (Lipinski definition) is 0. The minimum absolute atomic E-state index is 0.0713. The van der Waals surface area contributed by atoms with Gasteiger partial charge in [-0.05, 0) is 17.7 Å². The Morgan fingerprint density at radius 1 is 1.21 bits per heavy atom. The Labute approximate surface area is 157 Å². The number of halogens is 2. The Morgan fingerprint density at radius 2 is 2.04 bits per heavy atom. The van der Waals surface area contributed by atoms with Crippen molar-refractivity contribution in [3.63, 3.8) is 0 Å². The van der Waals surface area contributed by atoms with Crippen LogP contribution in [0.25, 0.3) is 0 Å². The number of amides is 1. The number of aldehydes is 1. The van der Waals surface area contributed by atoms with Gasteiger partial charge in [-0.3, -0.25) is 14.2 Å². The first-order valence-corrected chi connectivity index (χ1v) is 8.65. The summed E-state index contributed by atoms with van der Waals surface area (Å²) in [6, 6.07) is 4.89. The highest BCUT2D eigenvalue weighted by Gasteiger charge is 2.36. The van der Waals surface area contributed by atoms with Crippen molar-refractivity contribution < 1.29 is 23.1 Å². The van der Waals surface area contributed by atoms with E-state index in [1.165, 1.54) is 15.5 Å². The molecule has 2 aliphatic heterocycles. The molecule has 0 saturated carbocycles. The summed E-state index contributed by atoms with van der Waals surface area (Å²) < 4.78 is 33.3. The fourth-order valence-corrected chi connectivity index (χ4v) is 3.54. The number of nitrogens with zero attached hydrogens (tertiary/aromatic N) is 4. The van der Waals surface area contributed by atoms with E-state index in [0.717, 1.165) is 12.1 Å². The molecule has 1 atom stereocenters. The molecule has 10 heteroatoms. The first-order valence-electron chi connectivity index (χ1n) is 8.65. The van der Waals surface area contributed by atoms with E-state index in [1.807, 2.05) is 4.90 Å². The number of carbonyl (C=O) groups is 2. The molecule has 2 aliphatic rings. The van der Waals surface area contributed by atoms with Crippen LogP contribution in [0.1, 0.15) is 5.56 Å². The number of benzene rings is 1. The zero-order valence-corrected chi connectivity index (χ0v) is 14.7. The molecule has 1 fully saturated rings. The van der Waals surface area contributed by atoms with E-state index in [0.29, 0.717) is 37.6 Å². The maximum atomic E-state index is 13.3. The van der Waals surface area contributed by atoms with Crippen molar-refractivity contribution in [2.75, 3.05) is 24.5 Å². The van der Waals surface area contributed by atoms with Gasteiger partial charge in [-0.2, -0.15) is 4.98 Å². The van der Waals surface area contributed by atoms with E-state index in [9.17, 15) is 23.2 Å². The van der Waals surface area contributed by atoms with Crippen LogP contribution in [0, 0.1) is 11.6 Å². The lowest BCUT2D eigenvalue weighted by molar-refractivity contribution is -0.139. The number of rotatable bonds is 4. The molecule has 0 spiro atoms. The van der Waals surface area contributed by atoms with Gasteiger partial charge in [0.1, 0.15) is 12.4 Å². The summed E-state index contributed by atoms with van der Waals surface area (Å²) in [5.74, 6) is -1.81. The summed E-state index contributed by atoms with van der Waals surface area (Å²) in [5, 5.41) is 0. The van der Waals surface area contributed by atoms with Gasteiger partial charge < -0.3 is 14.5 Å². The Morgan fingerprint density at radius 3 is 2.79 bits per heavy atom. The van der Waals surface area contributed by atoms with Crippen molar-refractivity contribution in [2.24, 2.45) is 0 Å².